The van der Waals surface area contributed by atoms with Crippen molar-refractivity contribution in [3.63, 3.8) is 0 Å². The van der Waals surface area contributed by atoms with Gasteiger partial charge >= 0.3 is 15.6 Å². The van der Waals surface area contributed by atoms with Gasteiger partial charge < -0.3 is 8.92 Å². The standard InChI is InChI=1S/C16H17F3O4S/c1-15-9-13(23-24(20,21)16(17,18)19)4-3-11(15)7-10-8-12(22-2)5-6-14(10)15/h5-6,8-9,11H,3-4,7H2,1-2H3/t11-,15-/m0/s1. The van der Waals surface area contributed by atoms with Crippen molar-refractivity contribution in [3.8, 4) is 5.75 Å². The van der Waals surface area contributed by atoms with Crippen molar-refractivity contribution < 1.29 is 30.5 Å². The van der Waals surface area contributed by atoms with Gasteiger partial charge in [-0.1, -0.05) is 13.0 Å². The van der Waals surface area contributed by atoms with E-state index >= 15 is 0 Å². The molecule has 2 aliphatic carbocycles. The number of methoxy groups -OCH3 is 1. The van der Waals surface area contributed by atoms with Crippen LogP contribution in [-0.2, 0) is 26.1 Å². The lowest BCUT2D eigenvalue weighted by Crippen LogP contribution is -2.32. The van der Waals surface area contributed by atoms with Crippen LogP contribution in [0.25, 0.3) is 0 Å². The molecule has 0 heterocycles. The molecule has 0 unspecified atom stereocenters. The Morgan fingerprint density at radius 3 is 2.62 bits per heavy atom. The quantitative estimate of drug-likeness (QED) is 0.608. The highest BCUT2D eigenvalue weighted by molar-refractivity contribution is 7.87. The van der Waals surface area contributed by atoms with Crippen molar-refractivity contribution in [2.75, 3.05) is 7.11 Å². The van der Waals surface area contributed by atoms with E-state index in [0.29, 0.717) is 6.42 Å². The van der Waals surface area contributed by atoms with Crippen molar-refractivity contribution in [1.29, 1.82) is 0 Å². The van der Waals surface area contributed by atoms with E-state index in [1.54, 1.807) is 13.2 Å². The molecule has 1 aromatic carbocycles. The van der Waals surface area contributed by atoms with Crippen molar-refractivity contribution in [3.05, 3.63) is 41.2 Å². The van der Waals surface area contributed by atoms with Gasteiger partial charge in [-0.05, 0) is 48.1 Å². The molecule has 132 valence electrons. The van der Waals surface area contributed by atoms with Gasteiger partial charge in [0.05, 0.1) is 7.11 Å². The molecule has 0 aromatic heterocycles. The SMILES string of the molecule is COc1ccc2c(c1)C[C@@H]1CCC(OS(=O)(=O)C(F)(F)F)=C[C@]21C. The fraction of sp³-hybridized carbons (Fsp3) is 0.500. The third kappa shape index (κ3) is 2.66. The van der Waals surface area contributed by atoms with Crippen LogP contribution in [0.15, 0.2) is 30.0 Å². The fourth-order valence-corrected chi connectivity index (χ4v) is 4.17. The van der Waals surface area contributed by atoms with E-state index in [2.05, 4.69) is 4.18 Å². The van der Waals surface area contributed by atoms with Crippen LogP contribution in [0.2, 0.25) is 0 Å². The zero-order valence-corrected chi connectivity index (χ0v) is 14.0. The molecule has 24 heavy (non-hydrogen) atoms. The highest BCUT2D eigenvalue weighted by atomic mass is 32.2. The summed E-state index contributed by atoms with van der Waals surface area (Å²) in [6, 6.07) is 5.59. The molecule has 0 spiro atoms. The van der Waals surface area contributed by atoms with E-state index in [1.165, 1.54) is 6.08 Å². The van der Waals surface area contributed by atoms with Crippen molar-refractivity contribution >= 4 is 10.1 Å². The monoisotopic (exact) mass is 362 g/mol. The second kappa shape index (κ2) is 5.40. The summed E-state index contributed by atoms with van der Waals surface area (Å²) in [5.41, 5.74) is -3.93. The minimum atomic E-state index is -5.63. The Morgan fingerprint density at radius 2 is 2.00 bits per heavy atom. The van der Waals surface area contributed by atoms with E-state index in [4.69, 9.17) is 4.74 Å². The second-order valence-electron chi connectivity index (χ2n) is 6.34. The van der Waals surface area contributed by atoms with Crippen LogP contribution in [0.5, 0.6) is 5.75 Å². The molecule has 2 atom stereocenters. The van der Waals surface area contributed by atoms with E-state index in [0.717, 1.165) is 23.3 Å². The van der Waals surface area contributed by atoms with Crippen LogP contribution < -0.4 is 4.74 Å². The average Bonchev–Trinajstić information content (AvgIpc) is 2.76. The van der Waals surface area contributed by atoms with Crippen LogP contribution in [0.3, 0.4) is 0 Å². The maximum Gasteiger partial charge on any atom is 0.534 e. The number of benzene rings is 1. The molecule has 0 aliphatic heterocycles. The molecule has 1 aromatic rings. The number of allylic oxidation sites excluding steroid dienone is 2. The van der Waals surface area contributed by atoms with Crippen LogP contribution in [-0.4, -0.2) is 21.0 Å². The molecule has 0 radical (unpaired) electrons. The minimum Gasteiger partial charge on any atom is -0.497 e. The summed E-state index contributed by atoms with van der Waals surface area (Å²) in [4.78, 5) is 0. The summed E-state index contributed by atoms with van der Waals surface area (Å²) >= 11 is 0. The van der Waals surface area contributed by atoms with Gasteiger partial charge in [-0.25, -0.2) is 0 Å². The highest BCUT2D eigenvalue weighted by Gasteiger charge is 2.50. The first-order valence-electron chi connectivity index (χ1n) is 7.47. The molecule has 0 amide bonds. The Balaban J connectivity index is 1.96. The first kappa shape index (κ1) is 17.1. The summed E-state index contributed by atoms with van der Waals surface area (Å²) in [7, 11) is -4.06. The lowest BCUT2D eigenvalue weighted by Gasteiger charge is -2.34. The summed E-state index contributed by atoms with van der Waals surface area (Å²) < 4.78 is 69.6. The molecule has 8 heteroatoms. The smallest absolute Gasteiger partial charge is 0.497 e. The largest absolute Gasteiger partial charge is 0.534 e. The Bertz CT molecular complexity index is 798. The number of fused-ring (bicyclic) bond motifs is 3. The van der Waals surface area contributed by atoms with E-state index in [1.807, 2.05) is 19.1 Å². The molecular formula is C16H17F3O4S. The van der Waals surface area contributed by atoms with Gasteiger partial charge in [0, 0.05) is 11.8 Å². The number of hydrogen-bond donors (Lipinski definition) is 0. The van der Waals surface area contributed by atoms with Gasteiger partial charge in [0.15, 0.2) is 0 Å². The first-order chi connectivity index (χ1) is 11.1. The predicted molar refractivity (Wildman–Crippen MR) is 80.9 cm³/mol. The number of halogens is 3. The van der Waals surface area contributed by atoms with Crippen LogP contribution in [0, 0.1) is 5.92 Å². The normalized spacial score (nSPS) is 26.4. The van der Waals surface area contributed by atoms with E-state index in [9.17, 15) is 21.6 Å². The number of hydrogen-bond acceptors (Lipinski definition) is 4. The molecule has 0 bridgehead atoms. The third-order valence-corrected chi connectivity index (χ3v) is 5.91. The highest BCUT2D eigenvalue weighted by Crippen LogP contribution is 2.51. The topological polar surface area (TPSA) is 52.6 Å². The summed E-state index contributed by atoms with van der Waals surface area (Å²) in [5.74, 6) is 0.770. The summed E-state index contributed by atoms with van der Waals surface area (Å²) in [6.07, 6.45) is 3.04. The van der Waals surface area contributed by atoms with Gasteiger partial charge in [-0.3, -0.25) is 0 Å². The van der Waals surface area contributed by atoms with Gasteiger partial charge in [0.2, 0.25) is 0 Å². The van der Waals surface area contributed by atoms with Crippen LogP contribution >= 0.6 is 0 Å². The van der Waals surface area contributed by atoms with Crippen LogP contribution in [0.4, 0.5) is 13.2 Å². The molecule has 0 N–H and O–H groups in total. The van der Waals surface area contributed by atoms with E-state index in [-0.39, 0.29) is 18.1 Å². The first-order valence-corrected chi connectivity index (χ1v) is 8.87. The Kier molecular flexibility index (Phi) is 3.86. The van der Waals surface area contributed by atoms with Gasteiger partial charge in [-0.2, -0.15) is 21.6 Å². The van der Waals surface area contributed by atoms with Gasteiger partial charge in [-0.15, -0.1) is 0 Å². The molecular weight excluding hydrogens is 345 g/mol. The third-order valence-electron chi connectivity index (χ3n) is 4.91. The lowest BCUT2D eigenvalue weighted by molar-refractivity contribution is -0.0525. The summed E-state index contributed by atoms with van der Waals surface area (Å²) in [6.45, 7) is 1.90. The Labute approximate surface area is 138 Å². The van der Waals surface area contributed by atoms with Gasteiger partial charge in [0.1, 0.15) is 11.5 Å². The molecule has 0 saturated heterocycles. The zero-order chi connectivity index (χ0) is 17.8. The molecule has 3 rings (SSSR count). The summed E-state index contributed by atoms with van der Waals surface area (Å²) in [5, 5.41) is 0. The maximum atomic E-state index is 12.5. The van der Waals surface area contributed by atoms with Crippen molar-refractivity contribution in [2.24, 2.45) is 5.92 Å². The molecule has 4 nitrogen and oxygen atoms in total. The zero-order valence-electron chi connectivity index (χ0n) is 13.2. The van der Waals surface area contributed by atoms with Crippen LogP contribution in [0.1, 0.15) is 30.9 Å². The van der Waals surface area contributed by atoms with Crippen molar-refractivity contribution in [2.45, 2.75) is 37.1 Å². The molecule has 0 fully saturated rings. The second-order valence-corrected chi connectivity index (χ2v) is 7.88. The molecule has 2 aliphatic rings. The fourth-order valence-electron chi connectivity index (χ4n) is 3.66. The maximum absolute atomic E-state index is 12.5. The predicted octanol–water partition coefficient (Wildman–Crippen LogP) is 3.67. The minimum absolute atomic E-state index is 0.144. The Hall–Kier alpha value is -1.70. The number of alkyl halides is 3. The number of rotatable bonds is 3. The van der Waals surface area contributed by atoms with E-state index < -0.39 is 21.0 Å². The van der Waals surface area contributed by atoms with Crippen molar-refractivity contribution in [1.82, 2.24) is 0 Å². The Morgan fingerprint density at radius 1 is 1.29 bits per heavy atom. The average molecular weight is 362 g/mol. The lowest BCUT2D eigenvalue weighted by atomic mass is 9.71. The molecule has 0 saturated carbocycles. The van der Waals surface area contributed by atoms with Gasteiger partial charge in [0.25, 0.3) is 0 Å². The number of ether oxygens (including phenoxy) is 1.